The molecule has 0 radical (unpaired) electrons. The van der Waals surface area contributed by atoms with Crippen molar-refractivity contribution in [2.24, 2.45) is 0 Å². The summed E-state index contributed by atoms with van der Waals surface area (Å²) in [5.74, 6) is -1.59. The van der Waals surface area contributed by atoms with E-state index in [-0.39, 0.29) is 17.9 Å². The van der Waals surface area contributed by atoms with Gasteiger partial charge >= 0.3 is 12.0 Å². The van der Waals surface area contributed by atoms with Gasteiger partial charge < -0.3 is 15.7 Å². The van der Waals surface area contributed by atoms with Crippen LogP contribution in [0.25, 0.3) is 0 Å². The van der Waals surface area contributed by atoms with E-state index in [4.69, 9.17) is 5.11 Å². The van der Waals surface area contributed by atoms with E-state index in [1.165, 1.54) is 23.6 Å². The molecule has 0 aliphatic heterocycles. The minimum absolute atomic E-state index is 0.0647. The van der Waals surface area contributed by atoms with E-state index in [0.717, 1.165) is 11.3 Å². The molecule has 9 heteroatoms. The lowest BCUT2D eigenvalue weighted by Crippen LogP contribution is -2.28. The molecule has 21 heavy (non-hydrogen) atoms. The van der Waals surface area contributed by atoms with Crippen LogP contribution in [0.3, 0.4) is 0 Å². The molecule has 0 spiro atoms. The van der Waals surface area contributed by atoms with Crippen LogP contribution in [0, 0.1) is 5.82 Å². The van der Waals surface area contributed by atoms with Gasteiger partial charge in [0.05, 0.1) is 12.2 Å². The van der Waals surface area contributed by atoms with Gasteiger partial charge in [-0.2, -0.15) is 0 Å². The molecule has 1 aromatic heterocycles. The molecule has 2 rings (SSSR count). The first-order valence-corrected chi connectivity index (χ1v) is 7.30. The van der Waals surface area contributed by atoms with Crippen LogP contribution >= 0.6 is 27.3 Å². The van der Waals surface area contributed by atoms with Gasteiger partial charge in [0, 0.05) is 9.85 Å². The highest BCUT2D eigenvalue weighted by Gasteiger charge is 2.10. The lowest BCUT2D eigenvalue weighted by Gasteiger charge is -2.08. The summed E-state index contributed by atoms with van der Waals surface area (Å²) in [4.78, 5) is 26.2. The molecule has 0 fully saturated rings. The van der Waals surface area contributed by atoms with E-state index >= 15 is 0 Å². The fourth-order valence-electron chi connectivity index (χ4n) is 1.41. The number of urea groups is 1. The highest BCUT2D eigenvalue weighted by molar-refractivity contribution is 9.10. The average molecular weight is 374 g/mol. The van der Waals surface area contributed by atoms with E-state index < -0.39 is 17.8 Å². The number of benzene rings is 1. The van der Waals surface area contributed by atoms with Crippen LogP contribution in [0.5, 0.6) is 0 Å². The normalized spacial score (nSPS) is 10.2. The summed E-state index contributed by atoms with van der Waals surface area (Å²) in [6.45, 7) is 0.0801. The number of carboxylic acids is 1. The zero-order chi connectivity index (χ0) is 15.4. The smallest absolute Gasteiger partial charge is 0.355 e. The van der Waals surface area contributed by atoms with Crippen molar-refractivity contribution in [2.45, 2.75) is 6.54 Å². The molecule has 6 nitrogen and oxygen atoms in total. The number of nitrogens with one attached hydrogen (secondary N) is 2. The van der Waals surface area contributed by atoms with Gasteiger partial charge in [-0.3, -0.25) is 0 Å². The Hall–Kier alpha value is -2.00. The Morgan fingerprint density at radius 3 is 2.86 bits per heavy atom. The molecule has 1 heterocycles. The first-order valence-electron chi connectivity index (χ1n) is 5.63. The molecular weight excluding hydrogens is 365 g/mol. The molecule has 110 valence electrons. The number of nitrogens with zero attached hydrogens (tertiary/aromatic N) is 1. The SMILES string of the molecule is O=C(NCc1nc(C(=O)O)cs1)Nc1cc(F)ccc1Br. The molecule has 0 unspecified atom stereocenters. The molecule has 2 aromatic rings. The van der Waals surface area contributed by atoms with Crippen molar-refractivity contribution in [3.05, 3.63) is 44.6 Å². The summed E-state index contributed by atoms with van der Waals surface area (Å²) in [5.41, 5.74) is 0.225. The second-order valence-electron chi connectivity index (χ2n) is 3.86. The summed E-state index contributed by atoms with van der Waals surface area (Å²) in [6.07, 6.45) is 0. The number of hydrogen-bond donors (Lipinski definition) is 3. The number of anilines is 1. The van der Waals surface area contributed by atoms with Gasteiger partial charge in [-0.15, -0.1) is 11.3 Å². The van der Waals surface area contributed by atoms with Gasteiger partial charge in [0.15, 0.2) is 5.69 Å². The maximum absolute atomic E-state index is 13.1. The van der Waals surface area contributed by atoms with Crippen molar-refractivity contribution >= 4 is 45.0 Å². The second-order valence-corrected chi connectivity index (χ2v) is 5.66. The van der Waals surface area contributed by atoms with E-state index in [1.807, 2.05) is 0 Å². The van der Waals surface area contributed by atoms with Gasteiger partial charge in [-0.1, -0.05) is 0 Å². The molecule has 0 atom stereocenters. The lowest BCUT2D eigenvalue weighted by atomic mass is 10.3. The second kappa shape index (κ2) is 6.64. The summed E-state index contributed by atoms with van der Waals surface area (Å²) in [7, 11) is 0. The number of carbonyl (C=O) groups excluding carboxylic acids is 1. The standard InChI is InChI=1S/C12H9BrFN3O3S/c13-7-2-1-6(14)3-8(7)17-12(20)15-4-10-16-9(5-21-10)11(18)19/h1-3,5H,4H2,(H,18,19)(H2,15,17,20). The fraction of sp³-hybridized carbons (Fsp3) is 0.0833. The van der Waals surface area contributed by atoms with Gasteiger partial charge in [0.25, 0.3) is 0 Å². The summed E-state index contributed by atoms with van der Waals surface area (Å²) in [5, 5.41) is 15.6. The van der Waals surface area contributed by atoms with Crippen LogP contribution in [-0.4, -0.2) is 22.1 Å². The Morgan fingerprint density at radius 1 is 1.43 bits per heavy atom. The van der Waals surface area contributed by atoms with Crippen LogP contribution < -0.4 is 10.6 Å². The number of thiazole rings is 1. The van der Waals surface area contributed by atoms with Gasteiger partial charge in [-0.25, -0.2) is 19.0 Å². The Balaban J connectivity index is 1.92. The number of carboxylic acid groups (broad SMARTS) is 1. The molecule has 3 N–H and O–H groups in total. The molecule has 0 saturated heterocycles. The molecule has 1 aromatic carbocycles. The van der Waals surface area contributed by atoms with Crippen molar-refractivity contribution in [2.75, 3.05) is 5.32 Å². The molecular formula is C12H9BrFN3O3S. The van der Waals surface area contributed by atoms with Crippen molar-refractivity contribution in [1.82, 2.24) is 10.3 Å². The van der Waals surface area contributed by atoms with Crippen LogP contribution in [0.2, 0.25) is 0 Å². The fourth-order valence-corrected chi connectivity index (χ4v) is 2.46. The summed E-state index contributed by atoms with van der Waals surface area (Å²) in [6, 6.07) is 3.37. The number of aromatic nitrogens is 1. The van der Waals surface area contributed by atoms with Crippen molar-refractivity contribution in [3.8, 4) is 0 Å². The van der Waals surface area contributed by atoms with E-state index in [9.17, 15) is 14.0 Å². The predicted octanol–water partition coefficient (Wildman–Crippen LogP) is 3.06. The maximum atomic E-state index is 13.1. The Kier molecular flexibility index (Phi) is 4.86. The van der Waals surface area contributed by atoms with Crippen molar-refractivity contribution in [3.63, 3.8) is 0 Å². The van der Waals surface area contributed by atoms with Crippen LogP contribution in [0.4, 0.5) is 14.9 Å². The predicted molar refractivity (Wildman–Crippen MR) is 79.0 cm³/mol. The highest BCUT2D eigenvalue weighted by Crippen LogP contribution is 2.22. The molecule has 0 aliphatic carbocycles. The summed E-state index contributed by atoms with van der Waals surface area (Å²) < 4.78 is 13.6. The number of hydrogen-bond acceptors (Lipinski definition) is 4. The number of amides is 2. The topological polar surface area (TPSA) is 91.3 Å². The number of carbonyl (C=O) groups is 2. The third kappa shape index (κ3) is 4.23. The minimum Gasteiger partial charge on any atom is -0.476 e. The van der Waals surface area contributed by atoms with Crippen LogP contribution in [0.1, 0.15) is 15.5 Å². The van der Waals surface area contributed by atoms with Crippen molar-refractivity contribution < 1.29 is 19.1 Å². The third-order valence-corrected chi connectivity index (χ3v) is 3.89. The first kappa shape index (κ1) is 15.4. The largest absolute Gasteiger partial charge is 0.476 e. The van der Waals surface area contributed by atoms with Crippen molar-refractivity contribution in [1.29, 1.82) is 0 Å². The lowest BCUT2D eigenvalue weighted by molar-refractivity contribution is 0.0691. The third-order valence-electron chi connectivity index (χ3n) is 2.35. The molecule has 0 aliphatic rings. The van der Waals surface area contributed by atoms with Crippen LogP contribution in [0.15, 0.2) is 28.1 Å². The zero-order valence-electron chi connectivity index (χ0n) is 10.4. The van der Waals surface area contributed by atoms with Crippen LogP contribution in [-0.2, 0) is 6.54 Å². The van der Waals surface area contributed by atoms with E-state index in [2.05, 4.69) is 31.5 Å². The number of rotatable bonds is 4. The Labute approximate surface area is 131 Å². The number of aromatic carboxylic acids is 1. The zero-order valence-corrected chi connectivity index (χ0v) is 12.8. The Morgan fingerprint density at radius 2 is 2.19 bits per heavy atom. The van der Waals surface area contributed by atoms with E-state index in [1.54, 1.807) is 0 Å². The van der Waals surface area contributed by atoms with E-state index in [0.29, 0.717) is 9.48 Å². The minimum atomic E-state index is -1.12. The van der Waals surface area contributed by atoms with Gasteiger partial charge in [-0.05, 0) is 34.1 Å². The summed E-state index contributed by atoms with van der Waals surface area (Å²) >= 11 is 4.32. The highest BCUT2D eigenvalue weighted by atomic mass is 79.9. The molecule has 0 bridgehead atoms. The van der Waals surface area contributed by atoms with Gasteiger partial charge in [0.1, 0.15) is 10.8 Å². The quantitative estimate of drug-likeness (QED) is 0.767. The number of halogens is 2. The maximum Gasteiger partial charge on any atom is 0.355 e. The molecule has 0 saturated carbocycles. The van der Waals surface area contributed by atoms with Gasteiger partial charge in [0.2, 0.25) is 0 Å². The molecule has 2 amide bonds. The Bertz CT molecular complexity index is 692. The average Bonchev–Trinajstić information content (AvgIpc) is 2.90. The monoisotopic (exact) mass is 373 g/mol. The first-order chi connectivity index (χ1) is 9.95.